The summed E-state index contributed by atoms with van der Waals surface area (Å²) in [6.45, 7) is 3.89. The average Bonchev–Trinajstić information content (AvgIpc) is 2.69. The summed E-state index contributed by atoms with van der Waals surface area (Å²) >= 11 is 0. The number of nitrogens with one attached hydrogen (secondary N) is 1. The molecule has 1 amide bonds. The minimum absolute atomic E-state index is 0.100. The maximum atomic E-state index is 12.3. The largest absolute Gasteiger partial charge is 0.387 e. The van der Waals surface area contributed by atoms with Crippen LogP contribution in [0.3, 0.4) is 0 Å². The van der Waals surface area contributed by atoms with Gasteiger partial charge in [-0.1, -0.05) is 30.3 Å². The molecule has 1 atom stereocenters. The van der Waals surface area contributed by atoms with E-state index in [1.54, 1.807) is 0 Å². The minimum Gasteiger partial charge on any atom is -0.387 e. The molecule has 1 aliphatic rings. The van der Waals surface area contributed by atoms with Crippen LogP contribution in [0.5, 0.6) is 0 Å². The lowest BCUT2D eigenvalue weighted by molar-refractivity contribution is -0.117. The topological polar surface area (TPSA) is 65.0 Å². The van der Waals surface area contributed by atoms with Gasteiger partial charge in [0.1, 0.15) is 0 Å². The normalized spacial score (nSPS) is 15.6. The van der Waals surface area contributed by atoms with Crippen molar-refractivity contribution in [1.82, 2.24) is 4.90 Å². The van der Waals surface area contributed by atoms with Gasteiger partial charge in [0.2, 0.25) is 5.91 Å². The Morgan fingerprint density at radius 3 is 2.48 bits per heavy atom. The second-order valence-electron chi connectivity index (χ2n) is 6.82. The van der Waals surface area contributed by atoms with Crippen LogP contribution in [-0.4, -0.2) is 62.4 Å². The fraction of sp³-hybridized carbons (Fsp3) is 0.381. The summed E-state index contributed by atoms with van der Waals surface area (Å²) in [5.74, 6) is -0.100. The zero-order valence-corrected chi connectivity index (χ0v) is 15.7. The number of hydrogen-bond donors (Lipinski definition) is 2. The number of ether oxygens (including phenoxy) is 1. The summed E-state index contributed by atoms with van der Waals surface area (Å²) < 4.78 is 5.37. The van der Waals surface area contributed by atoms with Crippen molar-refractivity contribution in [2.75, 3.05) is 56.7 Å². The number of anilines is 2. The maximum absolute atomic E-state index is 12.3. The first-order chi connectivity index (χ1) is 13.1. The molecule has 3 rings (SSSR count). The van der Waals surface area contributed by atoms with Crippen molar-refractivity contribution in [2.45, 2.75) is 6.10 Å². The molecule has 2 aromatic carbocycles. The van der Waals surface area contributed by atoms with Crippen LogP contribution >= 0.6 is 0 Å². The summed E-state index contributed by atoms with van der Waals surface area (Å²) in [5.41, 5.74) is 2.76. The zero-order chi connectivity index (χ0) is 19.1. The smallest absolute Gasteiger partial charge is 0.238 e. The van der Waals surface area contributed by atoms with Gasteiger partial charge in [-0.25, -0.2) is 0 Å². The Hall–Kier alpha value is -2.41. The molecular weight excluding hydrogens is 342 g/mol. The lowest BCUT2D eigenvalue weighted by Crippen LogP contribution is -2.36. The third kappa shape index (κ3) is 5.79. The molecule has 0 aromatic heterocycles. The average molecular weight is 369 g/mol. The first kappa shape index (κ1) is 19.4. The van der Waals surface area contributed by atoms with E-state index in [2.05, 4.69) is 10.2 Å². The molecule has 0 aliphatic carbocycles. The van der Waals surface area contributed by atoms with Gasteiger partial charge in [-0.05, 0) is 36.9 Å². The van der Waals surface area contributed by atoms with Gasteiger partial charge in [-0.2, -0.15) is 0 Å². The van der Waals surface area contributed by atoms with E-state index < -0.39 is 6.10 Å². The monoisotopic (exact) mass is 369 g/mol. The number of rotatable bonds is 7. The predicted octanol–water partition coefficient (Wildman–Crippen LogP) is 2.13. The predicted molar refractivity (Wildman–Crippen MR) is 107 cm³/mol. The number of carbonyl (C=O) groups excluding carboxylic acids is 1. The SMILES string of the molecule is CN(CC(=O)Nc1ccc(N2CCOCC2)cc1)C[C@H](O)c1ccccc1. The van der Waals surface area contributed by atoms with Crippen molar-refractivity contribution in [1.29, 1.82) is 0 Å². The number of aliphatic hydroxyl groups is 1. The van der Waals surface area contributed by atoms with E-state index in [0.717, 1.165) is 43.2 Å². The summed E-state index contributed by atoms with van der Waals surface area (Å²) in [6.07, 6.45) is -0.614. The Balaban J connectivity index is 1.47. The van der Waals surface area contributed by atoms with Gasteiger partial charge >= 0.3 is 0 Å². The fourth-order valence-corrected chi connectivity index (χ4v) is 3.16. The van der Waals surface area contributed by atoms with E-state index in [1.165, 1.54) is 0 Å². The van der Waals surface area contributed by atoms with Crippen LogP contribution in [0.2, 0.25) is 0 Å². The molecule has 6 heteroatoms. The molecule has 2 N–H and O–H groups in total. The summed E-state index contributed by atoms with van der Waals surface area (Å²) in [4.78, 5) is 16.4. The highest BCUT2D eigenvalue weighted by Crippen LogP contribution is 2.19. The molecule has 1 aliphatic heterocycles. The number of hydrogen-bond acceptors (Lipinski definition) is 5. The van der Waals surface area contributed by atoms with Crippen molar-refractivity contribution in [3.8, 4) is 0 Å². The fourth-order valence-electron chi connectivity index (χ4n) is 3.16. The van der Waals surface area contributed by atoms with Crippen LogP contribution in [0, 0.1) is 0 Å². The molecule has 1 heterocycles. The number of morpholine rings is 1. The second kappa shape index (κ2) is 9.50. The van der Waals surface area contributed by atoms with Crippen LogP contribution in [0.1, 0.15) is 11.7 Å². The number of carbonyl (C=O) groups is 1. The molecule has 27 heavy (non-hydrogen) atoms. The summed E-state index contributed by atoms with van der Waals surface area (Å²) in [6, 6.07) is 17.3. The van der Waals surface area contributed by atoms with Gasteiger partial charge in [0.25, 0.3) is 0 Å². The Morgan fingerprint density at radius 1 is 1.15 bits per heavy atom. The third-order valence-electron chi connectivity index (χ3n) is 4.61. The first-order valence-corrected chi connectivity index (χ1v) is 9.26. The zero-order valence-electron chi connectivity index (χ0n) is 15.7. The standard InChI is InChI=1S/C21H27N3O3/c1-23(15-20(25)17-5-3-2-4-6-17)16-21(26)22-18-7-9-19(10-8-18)24-11-13-27-14-12-24/h2-10,20,25H,11-16H2,1H3,(H,22,26)/t20-/m0/s1. The summed E-state index contributed by atoms with van der Waals surface area (Å²) in [7, 11) is 1.83. The molecule has 0 radical (unpaired) electrons. The van der Waals surface area contributed by atoms with Crippen LogP contribution in [-0.2, 0) is 9.53 Å². The van der Waals surface area contributed by atoms with Gasteiger partial charge in [-0.15, -0.1) is 0 Å². The van der Waals surface area contributed by atoms with Crippen molar-refractivity contribution in [3.63, 3.8) is 0 Å². The van der Waals surface area contributed by atoms with E-state index in [-0.39, 0.29) is 12.5 Å². The van der Waals surface area contributed by atoms with E-state index >= 15 is 0 Å². The Morgan fingerprint density at radius 2 is 1.81 bits per heavy atom. The number of likely N-dealkylation sites (N-methyl/N-ethyl adjacent to an activating group) is 1. The molecule has 0 unspecified atom stereocenters. The van der Waals surface area contributed by atoms with Crippen molar-refractivity contribution in [3.05, 3.63) is 60.2 Å². The molecule has 144 valence electrons. The highest BCUT2D eigenvalue weighted by Gasteiger charge is 2.14. The number of amides is 1. The number of benzene rings is 2. The molecule has 0 bridgehead atoms. The lowest BCUT2D eigenvalue weighted by atomic mass is 10.1. The number of aliphatic hydroxyl groups excluding tert-OH is 1. The highest BCUT2D eigenvalue weighted by atomic mass is 16.5. The van der Waals surface area contributed by atoms with E-state index in [0.29, 0.717) is 6.54 Å². The van der Waals surface area contributed by atoms with Crippen molar-refractivity contribution in [2.24, 2.45) is 0 Å². The first-order valence-electron chi connectivity index (χ1n) is 9.26. The molecule has 0 saturated carbocycles. The molecule has 1 saturated heterocycles. The molecular formula is C21H27N3O3. The third-order valence-corrected chi connectivity index (χ3v) is 4.61. The molecule has 6 nitrogen and oxygen atoms in total. The van der Waals surface area contributed by atoms with Gasteiger partial charge in [0.05, 0.1) is 25.9 Å². The van der Waals surface area contributed by atoms with E-state index in [4.69, 9.17) is 4.74 Å². The second-order valence-corrected chi connectivity index (χ2v) is 6.82. The Labute approximate surface area is 160 Å². The van der Waals surface area contributed by atoms with Crippen LogP contribution in [0.15, 0.2) is 54.6 Å². The number of nitrogens with zero attached hydrogens (tertiary/aromatic N) is 2. The van der Waals surface area contributed by atoms with Crippen LogP contribution in [0.4, 0.5) is 11.4 Å². The quantitative estimate of drug-likeness (QED) is 0.783. The van der Waals surface area contributed by atoms with Gasteiger partial charge in [0, 0.05) is 31.0 Å². The van der Waals surface area contributed by atoms with E-state index in [1.807, 2.05) is 66.5 Å². The molecule has 0 spiro atoms. The van der Waals surface area contributed by atoms with Crippen LogP contribution in [0.25, 0.3) is 0 Å². The van der Waals surface area contributed by atoms with Gasteiger partial charge in [0.15, 0.2) is 0 Å². The van der Waals surface area contributed by atoms with Crippen molar-refractivity contribution >= 4 is 17.3 Å². The van der Waals surface area contributed by atoms with Gasteiger partial charge in [-0.3, -0.25) is 9.69 Å². The van der Waals surface area contributed by atoms with Crippen molar-refractivity contribution < 1.29 is 14.6 Å². The Bertz CT molecular complexity index is 715. The minimum atomic E-state index is -0.614. The molecule has 2 aromatic rings. The maximum Gasteiger partial charge on any atom is 0.238 e. The lowest BCUT2D eigenvalue weighted by Gasteiger charge is -2.29. The van der Waals surface area contributed by atoms with Crippen LogP contribution < -0.4 is 10.2 Å². The summed E-state index contributed by atoms with van der Waals surface area (Å²) in [5, 5.41) is 13.2. The van der Waals surface area contributed by atoms with E-state index in [9.17, 15) is 9.90 Å². The highest BCUT2D eigenvalue weighted by molar-refractivity contribution is 5.92. The Kier molecular flexibility index (Phi) is 6.81. The molecule has 1 fully saturated rings. The van der Waals surface area contributed by atoms with Gasteiger partial charge < -0.3 is 20.1 Å².